The zero-order chi connectivity index (χ0) is 11.3. The lowest BCUT2D eigenvalue weighted by Crippen LogP contribution is -2.09. The van der Waals surface area contributed by atoms with Gasteiger partial charge in [-0.2, -0.15) is 0 Å². The summed E-state index contributed by atoms with van der Waals surface area (Å²) in [6.07, 6.45) is 1.92. The molecule has 1 N–H and O–H groups in total. The molecule has 16 heavy (non-hydrogen) atoms. The standard InChI is InChI=1S/C12H9F2NO/c13-6-4-8-7-2-1-3-10(16)12(7)15-11(8)9(14)5-6/h4-5,15H,1-3H2. The summed E-state index contributed by atoms with van der Waals surface area (Å²) >= 11 is 0. The topological polar surface area (TPSA) is 32.9 Å². The third kappa shape index (κ3) is 1.19. The Bertz CT molecular complexity index is 601. The molecule has 0 fully saturated rings. The van der Waals surface area contributed by atoms with Gasteiger partial charge in [0.05, 0.1) is 11.2 Å². The molecule has 0 atom stereocenters. The predicted molar refractivity (Wildman–Crippen MR) is 55.5 cm³/mol. The average molecular weight is 221 g/mol. The summed E-state index contributed by atoms with van der Waals surface area (Å²) in [6.45, 7) is 0. The van der Waals surface area contributed by atoms with Gasteiger partial charge in [0.2, 0.25) is 0 Å². The number of hydrogen-bond donors (Lipinski definition) is 1. The number of carbonyl (C=O) groups excluding carboxylic acids is 1. The van der Waals surface area contributed by atoms with E-state index in [0.29, 0.717) is 23.9 Å². The van der Waals surface area contributed by atoms with Crippen LogP contribution in [0.3, 0.4) is 0 Å². The molecular formula is C12H9F2NO. The van der Waals surface area contributed by atoms with E-state index in [1.165, 1.54) is 6.07 Å². The van der Waals surface area contributed by atoms with Crippen molar-refractivity contribution in [1.29, 1.82) is 0 Å². The van der Waals surface area contributed by atoms with Crippen molar-refractivity contribution < 1.29 is 13.6 Å². The first kappa shape index (κ1) is 9.51. The Balaban J connectivity index is 2.40. The number of aryl methyl sites for hydroxylation is 1. The van der Waals surface area contributed by atoms with E-state index in [1.54, 1.807) is 0 Å². The summed E-state index contributed by atoms with van der Waals surface area (Å²) in [4.78, 5) is 14.4. The maximum absolute atomic E-state index is 13.5. The highest BCUT2D eigenvalue weighted by atomic mass is 19.1. The Hall–Kier alpha value is -1.71. The fourth-order valence-corrected chi connectivity index (χ4v) is 2.32. The van der Waals surface area contributed by atoms with Crippen LogP contribution < -0.4 is 0 Å². The van der Waals surface area contributed by atoms with E-state index in [2.05, 4.69) is 4.98 Å². The Morgan fingerprint density at radius 3 is 2.81 bits per heavy atom. The van der Waals surface area contributed by atoms with E-state index in [1.807, 2.05) is 0 Å². The lowest BCUT2D eigenvalue weighted by atomic mass is 9.95. The first-order valence-corrected chi connectivity index (χ1v) is 5.19. The molecule has 0 unspecified atom stereocenters. The quantitative estimate of drug-likeness (QED) is 0.728. The van der Waals surface area contributed by atoms with E-state index in [9.17, 15) is 13.6 Å². The number of H-pyrrole nitrogens is 1. The van der Waals surface area contributed by atoms with Gasteiger partial charge in [0.1, 0.15) is 11.6 Å². The van der Waals surface area contributed by atoms with Crippen molar-refractivity contribution in [2.24, 2.45) is 0 Å². The molecule has 1 aromatic carbocycles. The highest BCUT2D eigenvalue weighted by Gasteiger charge is 2.23. The Morgan fingerprint density at radius 2 is 2.00 bits per heavy atom. The second kappa shape index (κ2) is 3.14. The second-order valence-corrected chi connectivity index (χ2v) is 4.07. The van der Waals surface area contributed by atoms with Crippen LogP contribution in [0.15, 0.2) is 12.1 Å². The van der Waals surface area contributed by atoms with Crippen molar-refractivity contribution >= 4 is 16.7 Å². The minimum atomic E-state index is -0.641. The van der Waals surface area contributed by atoms with Crippen LogP contribution in [0.2, 0.25) is 0 Å². The molecule has 3 rings (SSSR count). The minimum absolute atomic E-state index is 0.0164. The number of benzene rings is 1. The molecule has 0 spiro atoms. The second-order valence-electron chi connectivity index (χ2n) is 4.07. The Morgan fingerprint density at radius 1 is 1.19 bits per heavy atom. The smallest absolute Gasteiger partial charge is 0.179 e. The molecule has 0 aliphatic heterocycles. The average Bonchev–Trinajstić information content (AvgIpc) is 2.59. The molecule has 0 radical (unpaired) electrons. The van der Waals surface area contributed by atoms with E-state index < -0.39 is 11.6 Å². The fraction of sp³-hybridized carbons (Fsp3) is 0.250. The predicted octanol–water partition coefficient (Wildman–Crippen LogP) is 2.97. The van der Waals surface area contributed by atoms with Crippen LogP contribution >= 0.6 is 0 Å². The van der Waals surface area contributed by atoms with Gasteiger partial charge in [-0.15, -0.1) is 0 Å². The lowest BCUT2D eigenvalue weighted by molar-refractivity contribution is 0.0968. The van der Waals surface area contributed by atoms with E-state index in [0.717, 1.165) is 18.1 Å². The van der Waals surface area contributed by atoms with Gasteiger partial charge in [0.25, 0.3) is 0 Å². The normalized spacial score (nSPS) is 15.5. The Kier molecular flexibility index (Phi) is 1.87. The van der Waals surface area contributed by atoms with Gasteiger partial charge in [-0.1, -0.05) is 0 Å². The molecular weight excluding hydrogens is 212 g/mol. The summed E-state index contributed by atoms with van der Waals surface area (Å²) in [5.41, 5.74) is 1.44. The van der Waals surface area contributed by atoms with Gasteiger partial charge in [-0.05, 0) is 24.5 Å². The number of Topliss-reactive ketones (excluding diaryl/α,β-unsaturated/α-hetero) is 1. The number of aromatic nitrogens is 1. The molecule has 0 saturated carbocycles. The maximum atomic E-state index is 13.5. The SMILES string of the molecule is O=C1CCCc2c1[nH]c1c(F)cc(F)cc21. The van der Waals surface area contributed by atoms with Gasteiger partial charge in [-0.3, -0.25) is 4.79 Å². The van der Waals surface area contributed by atoms with E-state index in [-0.39, 0.29) is 11.3 Å². The number of hydrogen-bond acceptors (Lipinski definition) is 1. The van der Waals surface area contributed by atoms with Crippen LogP contribution in [0.1, 0.15) is 28.9 Å². The van der Waals surface area contributed by atoms with Gasteiger partial charge in [0.15, 0.2) is 5.78 Å². The van der Waals surface area contributed by atoms with Crippen LogP contribution in [0.25, 0.3) is 10.9 Å². The van der Waals surface area contributed by atoms with Crippen LogP contribution in [-0.4, -0.2) is 10.8 Å². The molecule has 1 aromatic heterocycles. The van der Waals surface area contributed by atoms with Crippen molar-refractivity contribution in [3.63, 3.8) is 0 Å². The highest BCUT2D eigenvalue weighted by molar-refractivity contribution is 6.03. The molecule has 2 nitrogen and oxygen atoms in total. The van der Waals surface area contributed by atoms with Crippen molar-refractivity contribution in [2.45, 2.75) is 19.3 Å². The van der Waals surface area contributed by atoms with Gasteiger partial charge < -0.3 is 4.98 Å². The number of aromatic amines is 1. The molecule has 4 heteroatoms. The maximum Gasteiger partial charge on any atom is 0.179 e. The number of rotatable bonds is 0. The summed E-state index contributed by atoms with van der Waals surface area (Å²) in [7, 11) is 0. The van der Waals surface area contributed by atoms with Gasteiger partial charge in [0, 0.05) is 17.9 Å². The van der Waals surface area contributed by atoms with Crippen LogP contribution in [0, 0.1) is 11.6 Å². The molecule has 1 aliphatic carbocycles. The van der Waals surface area contributed by atoms with E-state index >= 15 is 0 Å². The number of fused-ring (bicyclic) bond motifs is 3. The minimum Gasteiger partial charge on any atom is -0.349 e. The van der Waals surface area contributed by atoms with Crippen LogP contribution in [0.4, 0.5) is 8.78 Å². The first-order chi connectivity index (χ1) is 7.66. The number of ketones is 1. The van der Waals surface area contributed by atoms with Crippen LogP contribution in [0.5, 0.6) is 0 Å². The largest absolute Gasteiger partial charge is 0.349 e. The fourth-order valence-electron chi connectivity index (χ4n) is 2.32. The first-order valence-electron chi connectivity index (χ1n) is 5.19. The zero-order valence-electron chi connectivity index (χ0n) is 8.44. The third-order valence-electron chi connectivity index (χ3n) is 3.04. The van der Waals surface area contributed by atoms with Gasteiger partial charge >= 0.3 is 0 Å². The number of nitrogens with one attached hydrogen (secondary N) is 1. The molecule has 0 saturated heterocycles. The molecule has 82 valence electrons. The monoisotopic (exact) mass is 221 g/mol. The van der Waals surface area contributed by atoms with Crippen LogP contribution in [-0.2, 0) is 6.42 Å². The highest BCUT2D eigenvalue weighted by Crippen LogP contribution is 2.30. The summed E-state index contributed by atoms with van der Waals surface area (Å²) in [5, 5.41) is 0.501. The third-order valence-corrected chi connectivity index (χ3v) is 3.04. The molecule has 2 aromatic rings. The molecule has 0 bridgehead atoms. The molecule has 0 amide bonds. The summed E-state index contributed by atoms with van der Waals surface area (Å²) < 4.78 is 26.6. The summed E-state index contributed by atoms with van der Waals surface area (Å²) in [6, 6.07) is 2.11. The van der Waals surface area contributed by atoms with Crippen molar-refractivity contribution in [3.05, 3.63) is 35.0 Å². The number of halogens is 2. The summed E-state index contributed by atoms with van der Waals surface area (Å²) in [5.74, 6) is -1.26. The van der Waals surface area contributed by atoms with E-state index in [4.69, 9.17) is 0 Å². The van der Waals surface area contributed by atoms with Crippen molar-refractivity contribution in [3.8, 4) is 0 Å². The van der Waals surface area contributed by atoms with Crippen molar-refractivity contribution in [2.75, 3.05) is 0 Å². The van der Waals surface area contributed by atoms with Gasteiger partial charge in [-0.25, -0.2) is 8.78 Å². The number of carbonyl (C=O) groups is 1. The zero-order valence-corrected chi connectivity index (χ0v) is 8.44. The Labute approximate surface area is 90.3 Å². The lowest BCUT2D eigenvalue weighted by Gasteiger charge is -2.09. The molecule has 1 heterocycles. The van der Waals surface area contributed by atoms with Crippen molar-refractivity contribution in [1.82, 2.24) is 4.98 Å². The molecule has 1 aliphatic rings.